The summed E-state index contributed by atoms with van der Waals surface area (Å²) in [5.74, 6) is 1.12. The van der Waals surface area contributed by atoms with Gasteiger partial charge in [-0.05, 0) is 37.5 Å². The summed E-state index contributed by atoms with van der Waals surface area (Å²) in [6.45, 7) is 10.2. The zero-order valence-corrected chi connectivity index (χ0v) is 25.6. The first-order valence-corrected chi connectivity index (χ1v) is 15.1. The van der Waals surface area contributed by atoms with Crippen LogP contribution >= 0.6 is 34.4 Å². The molecule has 36 heavy (non-hydrogen) atoms. The number of benzene rings is 2. The molecule has 1 fully saturated rings. The number of aryl methyl sites for hydroxylation is 1. The fraction of sp³-hybridized carbons (Fsp3) is 0.357. The zero-order chi connectivity index (χ0) is 24.4. The Morgan fingerprint density at radius 1 is 1.03 bits per heavy atom. The highest BCUT2D eigenvalue weighted by atomic mass is 127. The average Bonchev–Trinajstić information content (AvgIpc) is 3.56. The van der Waals surface area contributed by atoms with Crippen molar-refractivity contribution in [2.24, 2.45) is 0 Å². The van der Waals surface area contributed by atoms with Crippen molar-refractivity contribution in [3.63, 3.8) is 0 Å². The number of unbranched alkanes of at least 4 members (excludes halogenated alkanes) is 1. The Balaban J connectivity index is 0.00000304. The Kier molecular flexibility index (Phi) is 9.35. The van der Waals surface area contributed by atoms with E-state index in [0.29, 0.717) is 6.54 Å². The zero-order valence-electron chi connectivity index (χ0n) is 21.0. The Morgan fingerprint density at radius 3 is 2.64 bits per heavy atom. The smallest absolute Gasteiger partial charge is 0.269 e. The predicted molar refractivity (Wildman–Crippen MR) is 154 cm³/mol. The van der Waals surface area contributed by atoms with Crippen molar-refractivity contribution >= 4 is 67.6 Å². The number of rotatable bonds is 7. The molecule has 0 saturated carbocycles. The van der Waals surface area contributed by atoms with E-state index in [4.69, 9.17) is 0 Å². The summed E-state index contributed by atoms with van der Waals surface area (Å²) < 4.78 is 7.51. The second-order valence-corrected chi connectivity index (χ2v) is 11.9. The first-order chi connectivity index (χ1) is 17.1. The van der Waals surface area contributed by atoms with Crippen LogP contribution in [0.1, 0.15) is 38.6 Å². The van der Waals surface area contributed by atoms with Crippen molar-refractivity contribution in [2.75, 3.05) is 18.8 Å². The lowest BCUT2D eigenvalue weighted by molar-refractivity contribution is -0.669. The van der Waals surface area contributed by atoms with E-state index in [0.717, 1.165) is 47.4 Å². The fourth-order valence-electron chi connectivity index (χ4n) is 4.62. The van der Waals surface area contributed by atoms with Crippen LogP contribution in [0.4, 0.5) is 0 Å². The second kappa shape index (κ2) is 12.3. The third-order valence-electron chi connectivity index (χ3n) is 6.54. The molecule has 1 saturated heterocycles. The number of allylic oxidation sites excluding steroid dienone is 1. The van der Waals surface area contributed by atoms with E-state index in [2.05, 4.69) is 78.8 Å². The average molecular weight is 650 g/mol. The van der Waals surface area contributed by atoms with Gasteiger partial charge in [-0.1, -0.05) is 48.9 Å². The first kappa shape index (κ1) is 27.4. The molecule has 8 heteroatoms. The highest BCUT2D eigenvalue weighted by Crippen LogP contribution is 2.30. The second-order valence-electron chi connectivity index (χ2n) is 8.68. The van der Waals surface area contributed by atoms with Gasteiger partial charge in [-0.15, -0.1) is 23.1 Å². The van der Waals surface area contributed by atoms with Gasteiger partial charge in [0.2, 0.25) is 5.52 Å². The lowest BCUT2D eigenvalue weighted by Crippen LogP contribution is -3.00. The molecular formula is C28H32IN3OS3. The van der Waals surface area contributed by atoms with Crippen LogP contribution in [-0.4, -0.2) is 28.3 Å². The standard InChI is InChI=1S/C28H32N3OS3.HI/c1-4-7-16-31-22-13-12-20-10-8-9-11-21(20)27(22)35-26(31)19-25-30(6-3)28(32)23(34-25)14-15-24-29(5-2)17-18-33-24;/h8-15,19H,4-7,16-18H2,1-3H3;1H/q+1;/p-1/b23-14-,24-15-;. The van der Waals surface area contributed by atoms with E-state index < -0.39 is 0 Å². The number of thiazole rings is 2. The van der Waals surface area contributed by atoms with Crippen LogP contribution in [0, 0.1) is 0 Å². The van der Waals surface area contributed by atoms with Crippen molar-refractivity contribution in [1.82, 2.24) is 9.47 Å². The molecule has 1 aliphatic rings. The molecule has 0 N–H and O–H groups in total. The number of thioether (sulfide) groups is 1. The molecule has 0 bridgehead atoms. The lowest BCUT2D eigenvalue weighted by atomic mass is 10.1. The molecule has 190 valence electrons. The van der Waals surface area contributed by atoms with Crippen LogP contribution in [0.5, 0.6) is 0 Å². The molecule has 0 aliphatic carbocycles. The third-order valence-corrected chi connectivity index (χ3v) is 9.87. The summed E-state index contributed by atoms with van der Waals surface area (Å²) >= 11 is 5.32. The molecule has 0 atom stereocenters. The van der Waals surface area contributed by atoms with E-state index in [9.17, 15) is 4.79 Å². The molecule has 1 aliphatic heterocycles. The number of hydrogen-bond donors (Lipinski definition) is 0. The largest absolute Gasteiger partial charge is 1.00 e. The maximum Gasteiger partial charge on any atom is 0.269 e. The lowest BCUT2D eigenvalue weighted by Gasteiger charge is -2.14. The Hall–Kier alpha value is -1.62. The van der Waals surface area contributed by atoms with Crippen LogP contribution in [-0.2, 0) is 13.1 Å². The molecule has 0 unspecified atom stereocenters. The van der Waals surface area contributed by atoms with Gasteiger partial charge >= 0.3 is 0 Å². The van der Waals surface area contributed by atoms with Crippen LogP contribution < -0.4 is 43.3 Å². The molecule has 2 aromatic carbocycles. The van der Waals surface area contributed by atoms with Crippen LogP contribution in [0.15, 0.2) is 52.3 Å². The number of aromatic nitrogens is 2. The number of fused-ring (bicyclic) bond motifs is 3. The molecule has 3 heterocycles. The normalized spacial score (nSPS) is 16.1. The minimum atomic E-state index is 0. The Bertz CT molecular complexity index is 1580. The molecule has 0 spiro atoms. The Labute approximate surface area is 241 Å². The summed E-state index contributed by atoms with van der Waals surface area (Å²) in [4.78, 5) is 15.6. The SMILES string of the molecule is CCCC[n+]1c(/C=c2\s/c(=C\C=C3/SCCN3CC)c(=O)n2CC)sc2c3ccccc3ccc21.[I-]. The van der Waals surface area contributed by atoms with E-state index in [1.165, 1.54) is 31.0 Å². The van der Waals surface area contributed by atoms with Gasteiger partial charge in [-0.25, -0.2) is 0 Å². The minimum absolute atomic E-state index is 0. The summed E-state index contributed by atoms with van der Waals surface area (Å²) in [5.41, 5.74) is 1.39. The van der Waals surface area contributed by atoms with E-state index >= 15 is 0 Å². The molecule has 2 aromatic heterocycles. The highest BCUT2D eigenvalue weighted by Gasteiger charge is 2.21. The molecule has 5 rings (SSSR count). The van der Waals surface area contributed by atoms with E-state index in [1.54, 1.807) is 11.3 Å². The van der Waals surface area contributed by atoms with Gasteiger partial charge in [-0.3, -0.25) is 9.36 Å². The first-order valence-electron chi connectivity index (χ1n) is 12.5. The summed E-state index contributed by atoms with van der Waals surface area (Å²) in [6, 6.07) is 13.1. The molecule has 0 amide bonds. The topological polar surface area (TPSA) is 29.1 Å². The van der Waals surface area contributed by atoms with Gasteiger partial charge in [0.1, 0.15) is 9.36 Å². The quantitative estimate of drug-likeness (QED) is 0.227. The number of hydrogen-bond acceptors (Lipinski definition) is 5. The van der Waals surface area contributed by atoms with Gasteiger partial charge in [0.25, 0.3) is 10.6 Å². The van der Waals surface area contributed by atoms with Gasteiger partial charge in [-0.2, -0.15) is 4.57 Å². The van der Waals surface area contributed by atoms with Gasteiger partial charge in [0, 0.05) is 43.3 Å². The van der Waals surface area contributed by atoms with E-state index in [-0.39, 0.29) is 29.5 Å². The van der Waals surface area contributed by atoms with Crippen LogP contribution in [0.2, 0.25) is 0 Å². The van der Waals surface area contributed by atoms with Gasteiger partial charge in [0.05, 0.1) is 15.6 Å². The number of halogens is 1. The summed E-state index contributed by atoms with van der Waals surface area (Å²) in [5, 5.41) is 5.05. The predicted octanol–water partition coefficient (Wildman–Crippen LogP) is 1.91. The molecule has 4 nitrogen and oxygen atoms in total. The van der Waals surface area contributed by atoms with Crippen molar-refractivity contribution in [1.29, 1.82) is 0 Å². The third kappa shape index (κ3) is 5.33. The van der Waals surface area contributed by atoms with Crippen molar-refractivity contribution in [2.45, 2.75) is 46.7 Å². The van der Waals surface area contributed by atoms with Gasteiger partial charge in [0.15, 0.2) is 6.54 Å². The fourth-order valence-corrected chi connectivity index (χ4v) is 8.10. The molecule has 4 aromatic rings. The van der Waals surface area contributed by atoms with Crippen molar-refractivity contribution in [3.8, 4) is 0 Å². The Morgan fingerprint density at radius 2 is 1.86 bits per heavy atom. The van der Waals surface area contributed by atoms with Crippen LogP contribution in [0.3, 0.4) is 0 Å². The van der Waals surface area contributed by atoms with E-state index in [1.807, 2.05) is 33.7 Å². The highest BCUT2D eigenvalue weighted by molar-refractivity contribution is 8.03. The molecule has 0 radical (unpaired) electrons. The monoisotopic (exact) mass is 649 g/mol. The maximum absolute atomic E-state index is 13.2. The van der Waals surface area contributed by atoms with Crippen molar-refractivity contribution in [3.05, 3.63) is 72.1 Å². The van der Waals surface area contributed by atoms with Crippen molar-refractivity contribution < 1.29 is 28.5 Å². The summed E-state index contributed by atoms with van der Waals surface area (Å²) in [7, 11) is 0. The minimum Gasteiger partial charge on any atom is -1.00 e. The number of nitrogens with zero attached hydrogens (tertiary/aromatic N) is 3. The summed E-state index contributed by atoms with van der Waals surface area (Å²) in [6.07, 6.45) is 8.67. The van der Waals surface area contributed by atoms with Crippen LogP contribution in [0.25, 0.3) is 33.1 Å². The van der Waals surface area contributed by atoms with Gasteiger partial charge < -0.3 is 28.9 Å². The maximum atomic E-state index is 13.2. The molecular weight excluding hydrogens is 617 g/mol.